The van der Waals surface area contributed by atoms with Gasteiger partial charge in [-0.15, -0.1) is 0 Å². The summed E-state index contributed by atoms with van der Waals surface area (Å²) in [7, 11) is 2.05. The van der Waals surface area contributed by atoms with Crippen LogP contribution in [0, 0.1) is 11.8 Å². The normalized spacial score (nSPS) is 39.0. The first kappa shape index (κ1) is 17.0. The third-order valence-electron chi connectivity index (χ3n) is 6.83. The van der Waals surface area contributed by atoms with Gasteiger partial charge in [-0.25, -0.2) is 0 Å². The van der Waals surface area contributed by atoms with Gasteiger partial charge in [-0.1, -0.05) is 40.8 Å². The number of H-pyrrole nitrogens is 1. The number of aliphatic hydroxyl groups is 1. The van der Waals surface area contributed by atoms with Crippen molar-refractivity contribution >= 4 is 39.5 Å². The molecule has 26 heavy (non-hydrogen) atoms. The number of halogens is 1. The molecule has 0 saturated carbocycles. The van der Waals surface area contributed by atoms with Crippen LogP contribution in [0.4, 0.5) is 0 Å². The van der Waals surface area contributed by atoms with E-state index in [1.807, 2.05) is 31.3 Å². The molecule has 0 spiro atoms. The van der Waals surface area contributed by atoms with Gasteiger partial charge in [0.2, 0.25) is 0 Å². The first-order valence-corrected chi connectivity index (χ1v) is 10.4. The molecule has 138 valence electrons. The highest BCUT2D eigenvalue weighted by Gasteiger charge is 2.70. The number of aliphatic carboxylic acids is 1. The highest BCUT2D eigenvalue weighted by Crippen LogP contribution is 2.61. The molecule has 2 saturated heterocycles. The van der Waals surface area contributed by atoms with Crippen LogP contribution in [0.15, 0.2) is 24.3 Å². The summed E-state index contributed by atoms with van der Waals surface area (Å²) in [5, 5.41) is 23.0. The number of aromatic nitrogens is 1. The van der Waals surface area contributed by atoms with Gasteiger partial charge >= 0.3 is 5.97 Å². The van der Waals surface area contributed by atoms with E-state index in [0.717, 1.165) is 29.4 Å². The number of rotatable bonds is 2. The maximum Gasteiger partial charge on any atom is 0.318 e. The number of hydrogen-bond donors (Lipinski definition) is 3. The average molecular weight is 468 g/mol. The summed E-state index contributed by atoms with van der Waals surface area (Å²) in [6.07, 6.45) is 0.791. The molecule has 6 nitrogen and oxygen atoms in total. The van der Waals surface area contributed by atoms with Crippen LogP contribution in [-0.4, -0.2) is 56.5 Å². The minimum Gasteiger partial charge on any atom is -0.480 e. The summed E-state index contributed by atoms with van der Waals surface area (Å²) in [6.45, 7) is 0.854. The minimum absolute atomic E-state index is 0.000736. The lowest BCUT2D eigenvalue weighted by atomic mass is 9.71. The van der Waals surface area contributed by atoms with E-state index in [9.17, 15) is 15.0 Å². The molecule has 5 rings (SSSR count). The summed E-state index contributed by atoms with van der Waals surface area (Å²) >= 11 is 2.19. The maximum atomic E-state index is 12.6. The number of ether oxygens (including phenoxy) is 1. The summed E-state index contributed by atoms with van der Waals surface area (Å²) < 4.78 is 6.47. The molecule has 2 fully saturated rings. The van der Waals surface area contributed by atoms with E-state index in [0.29, 0.717) is 10.1 Å². The Labute approximate surface area is 164 Å². The Morgan fingerprint density at radius 3 is 2.96 bits per heavy atom. The molecular weight excluding hydrogens is 447 g/mol. The van der Waals surface area contributed by atoms with E-state index >= 15 is 0 Å². The zero-order valence-corrected chi connectivity index (χ0v) is 16.6. The lowest BCUT2D eigenvalue weighted by Gasteiger charge is -2.37. The number of nitrogens with one attached hydrogen (secondary N) is 1. The number of hydrogen-bond acceptors (Lipinski definition) is 4. The van der Waals surface area contributed by atoms with Crippen molar-refractivity contribution in [3.05, 3.63) is 35.5 Å². The van der Waals surface area contributed by atoms with E-state index in [1.165, 1.54) is 0 Å². The smallest absolute Gasteiger partial charge is 0.318 e. The fraction of sp³-hybridized carbons (Fsp3) is 0.526. The second kappa shape index (κ2) is 5.43. The van der Waals surface area contributed by atoms with Crippen LogP contribution >= 0.6 is 22.6 Å². The molecule has 2 aromatic rings. The predicted molar refractivity (Wildman–Crippen MR) is 104 cm³/mol. The number of para-hydroxylation sites is 1. The Bertz CT molecular complexity index is 914. The van der Waals surface area contributed by atoms with Gasteiger partial charge in [-0.2, -0.15) is 0 Å². The van der Waals surface area contributed by atoms with Gasteiger partial charge in [-0.05, 0) is 31.6 Å². The Kier molecular flexibility index (Phi) is 3.55. The second-order valence-corrected chi connectivity index (χ2v) is 8.68. The molecule has 3 unspecified atom stereocenters. The van der Waals surface area contributed by atoms with Crippen molar-refractivity contribution in [1.29, 1.82) is 0 Å². The van der Waals surface area contributed by atoms with Crippen molar-refractivity contribution in [3.63, 3.8) is 0 Å². The fourth-order valence-corrected chi connectivity index (χ4v) is 6.96. The number of aromatic amines is 1. The van der Waals surface area contributed by atoms with Gasteiger partial charge in [0.1, 0.15) is 5.41 Å². The van der Waals surface area contributed by atoms with Crippen LogP contribution in [0.25, 0.3) is 10.9 Å². The van der Waals surface area contributed by atoms with Crippen molar-refractivity contribution in [2.75, 3.05) is 24.6 Å². The summed E-state index contributed by atoms with van der Waals surface area (Å²) in [4.78, 5) is 18.3. The van der Waals surface area contributed by atoms with Crippen LogP contribution in [0.1, 0.15) is 23.7 Å². The lowest BCUT2D eigenvalue weighted by Crippen LogP contribution is -2.51. The van der Waals surface area contributed by atoms with E-state index in [-0.39, 0.29) is 18.6 Å². The van der Waals surface area contributed by atoms with Gasteiger partial charge in [0.05, 0.1) is 6.61 Å². The van der Waals surface area contributed by atoms with E-state index in [2.05, 4.69) is 32.5 Å². The van der Waals surface area contributed by atoms with Crippen molar-refractivity contribution < 1.29 is 19.7 Å². The molecule has 1 aliphatic carbocycles. The Morgan fingerprint density at radius 1 is 1.46 bits per heavy atom. The molecule has 2 bridgehead atoms. The average Bonchev–Trinajstić information content (AvgIpc) is 3.24. The van der Waals surface area contributed by atoms with Crippen LogP contribution in [0.3, 0.4) is 0 Å². The summed E-state index contributed by atoms with van der Waals surface area (Å²) in [5.74, 6) is -2.99. The molecule has 0 amide bonds. The Hall–Kier alpha value is -1.16. The van der Waals surface area contributed by atoms with Gasteiger partial charge in [0.25, 0.3) is 0 Å². The van der Waals surface area contributed by atoms with E-state index in [4.69, 9.17) is 4.74 Å². The molecule has 1 aromatic heterocycles. The molecule has 3 heterocycles. The standard InChI is InChI=1S/C19H21IN2O4/c1-22-7-6-11-15(22)14-10-4-2-3-5-12(10)21-16(14)18(17(23)24)9-26-19(11,25)13(18)8-20/h2-5,11,13,15,21,25H,6-9H2,1H3,(H,23,24)/t11-,13?,15?,18+,19?/m1/s1. The molecular formula is C19H21IN2O4. The Balaban J connectivity index is 1.91. The van der Waals surface area contributed by atoms with Crippen LogP contribution < -0.4 is 0 Å². The number of fused-ring (bicyclic) bond motifs is 9. The number of carboxylic acids is 1. The molecule has 7 heteroatoms. The van der Waals surface area contributed by atoms with Crippen LogP contribution in [0.5, 0.6) is 0 Å². The van der Waals surface area contributed by atoms with E-state index in [1.54, 1.807) is 0 Å². The molecule has 2 aliphatic heterocycles. The monoisotopic (exact) mass is 468 g/mol. The summed E-state index contributed by atoms with van der Waals surface area (Å²) in [6, 6.07) is 7.92. The maximum absolute atomic E-state index is 12.6. The van der Waals surface area contributed by atoms with Gasteiger partial charge in [0.15, 0.2) is 5.79 Å². The zero-order chi connectivity index (χ0) is 18.3. The van der Waals surface area contributed by atoms with Gasteiger partial charge in [0, 0.05) is 38.9 Å². The molecule has 0 radical (unpaired) electrons. The number of carboxylic acid groups (broad SMARTS) is 1. The first-order chi connectivity index (χ1) is 12.4. The highest BCUT2D eigenvalue weighted by molar-refractivity contribution is 14.1. The van der Waals surface area contributed by atoms with Crippen molar-refractivity contribution in [3.8, 4) is 0 Å². The third kappa shape index (κ3) is 1.80. The van der Waals surface area contributed by atoms with Gasteiger partial charge < -0.3 is 19.9 Å². The van der Waals surface area contributed by atoms with Crippen LogP contribution in [0.2, 0.25) is 0 Å². The number of alkyl halides is 1. The van der Waals surface area contributed by atoms with E-state index < -0.39 is 23.1 Å². The lowest BCUT2D eigenvalue weighted by molar-refractivity contribution is -0.230. The van der Waals surface area contributed by atoms with Gasteiger partial charge in [-0.3, -0.25) is 9.69 Å². The quantitative estimate of drug-likeness (QED) is 0.465. The zero-order valence-electron chi connectivity index (χ0n) is 14.4. The second-order valence-electron chi connectivity index (χ2n) is 7.80. The number of benzene rings is 1. The molecule has 1 aromatic carbocycles. The fourth-order valence-electron chi connectivity index (χ4n) is 5.58. The molecule has 3 N–H and O–H groups in total. The highest BCUT2D eigenvalue weighted by atomic mass is 127. The largest absolute Gasteiger partial charge is 0.480 e. The Morgan fingerprint density at radius 2 is 2.23 bits per heavy atom. The molecule has 5 atom stereocenters. The minimum atomic E-state index is -1.42. The van der Waals surface area contributed by atoms with Crippen molar-refractivity contribution in [1.82, 2.24) is 9.88 Å². The SMILES string of the molecule is CN1CC[C@@H]2C1c1c([nH]c3ccccc13)[C@]1(C(=O)O)COC2(O)C1CI. The number of carbonyl (C=O) groups is 1. The summed E-state index contributed by atoms with van der Waals surface area (Å²) in [5.41, 5.74) is 1.43. The number of nitrogens with zero attached hydrogens (tertiary/aromatic N) is 1. The first-order valence-electron chi connectivity index (χ1n) is 8.92. The van der Waals surface area contributed by atoms with Crippen LogP contribution in [-0.2, 0) is 14.9 Å². The van der Waals surface area contributed by atoms with Crippen molar-refractivity contribution in [2.45, 2.75) is 23.7 Å². The number of likely N-dealkylation sites (tertiary alicyclic amines) is 1. The van der Waals surface area contributed by atoms with Crippen molar-refractivity contribution in [2.24, 2.45) is 11.8 Å². The molecule has 3 aliphatic rings. The third-order valence-corrected chi connectivity index (χ3v) is 7.71. The topological polar surface area (TPSA) is 85.8 Å². The predicted octanol–water partition coefficient (Wildman–Crippen LogP) is 2.27.